The number of thioether (sulfide) groups is 1. The van der Waals surface area contributed by atoms with Crippen molar-refractivity contribution in [2.24, 2.45) is 0 Å². The van der Waals surface area contributed by atoms with Crippen LogP contribution in [0.5, 0.6) is 0 Å². The highest BCUT2D eigenvalue weighted by Crippen LogP contribution is 2.24. The second-order valence-electron chi connectivity index (χ2n) is 6.69. The highest BCUT2D eigenvalue weighted by atomic mass is 127. The van der Waals surface area contributed by atoms with Crippen LogP contribution in [0.2, 0.25) is 0 Å². The number of anilines is 1. The van der Waals surface area contributed by atoms with Gasteiger partial charge >= 0.3 is 0 Å². The molecule has 1 N–H and O–H groups in total. The van der Waals surface area contributed by atoms with Crippen LogP contribution in [-0.2, 0) is 20.6 Å². The van der Waals surface area contributed by atoms with E-state index >= 15 is 0 Å². The third-order valence-corrected chi connectivity index (χ3v) is 7.95. The van der Waals surface area contributed by atoms with Crippen LogP contribution in [0.4, 0.5) is 5.69 Å². The molecule has 3 aromatic carbocycles. The number of halogens is 1. The molecule has 0 spiro atoms. The maximum atomic E-state index is 13.2. The summed E-state index contributed by atoms with van der Waals surface area (Å²) >= 11 is 3.88. The average molecular weight is 566 g/mol. The van der Waals surface area contributed by atoms with Crippen molar-refractivity contribution in [1.29, 1.82) is 0 Å². The topological polar surface area (TPSA) is 66.5 Å². The van der Waals surface area contributed by atoms with Gasteiger partial charge in [-0.1, -0.05) is 48.5 Å². The lowest BCUT2D eigenvalue weighted by molar-refractivity contribution is -0.119. The second kappa shape index (κ2) is 11.5. The fraction of sp³-hybridized carbons (Fsp3) is 0.174. The Kier molecular flexibility index (Phi) is 8.79. The molecule has 0 heterocycles. The monoisotopic (exact) mass is 566 g/mol. The molecule has 0 unspecified atom stereocenters. The molecule has 0 saturated heterocycles. The summed E-state index contributed by atoms with van der Waals surface area (Å²) < 4.78 is 28.6. The summed E-state index contributed by atoms with van der Waals surface area (Å²) in [5.74, 6) is 1.28. The second-order valence-corrected chi connectivity index (χ2v) is 10.9. The van der Waals surface area contributed by atoms with Crippen molar-refractivity contribution < 1.29 is 13.2 Å². The van der Waals surface area contributed by atoms with Crippen LogP contribution in [0.1, 0.15) is 5.56 Å². The normalized spacial score (nSPS) is 11.1. The molecule has 5 nitrogen and oxygen atoms in total. The van der Waals surface area contributed by atoms with Crippen LogP contribution >= 0.6 is 34.4 Å². The highest BCUT2D eigenvalue weighted by molar-refractivity contribution is 14.1. The van der Waals surface area contributed by atoms with E-state index in [1.165, 1.54) is 17.7 Å². The molecule has 162 valence electrons. The molecular formula is C23H23IN2O3S2. The van der Waals surface area contributed by atoms with Crippen LogP contribution in [0.25, 0.3) is 0 Å². The molecule has 1 amide bonds. The first-order chi connectivity index (χ1) is 15.0. The summed E-state index contributed by atoms with van der Waals surface area (Å²) in [6.07, 6.45) is 0. The Morgan fingerprint density at radius 1 is 0.903 bits per heavy atom. The average Bonchev–Trinajstić information content (AvgIpc) is 2.79. The van der Waals surface area contributed by atoms with E-state index in [1.54, 1.807) is 42.1 Å². The van der Waals surface area contributed by atoms with Gasteiger partial charge in [0.1, 0.15) is 6.54 Å². The molecular weight excluding hydrogens is 543 g/mol. The number of hydrogen-bond donors (Lipinski definition) is 1. The lowest BCUT2D eigenvalue weighted by atomic mass is 10.2. The first-order valence-electron chi connectivity index (χ1n) is 9.68. The van der Waals surface area contributed by atoms with Crippen LogP contribution in [0.15, 0.2) is 89.8 Å². The van der Waals surface area contributed by atoms with Gasteiger partial charge in [-0.25, -0.2) is 8.42 Å². The number of rotatable bonds is 10. The minimum absolute atomic E-state index is 0.153. The fourth-order valence-electron chi connectivity index (χ4n) is 2.86. The number of carbonyl (C=O) groups excluding carboxylic acids is 1. The number of hydrogen-bond acceptors (Lipinski definition) is 4. The van der Waals surface area contributed by atoms with Crippen molar-refractivity contribution >= 4 is 56.0 Å². The van der Waals surface area contributed by atoms with Crippen molar-refractivity contribution in [3.05, 3.63) is 94.1 Å². The maximum Gasteiger partial charge on any atom is 0.264 e. The SMILES string of the molecule is O=C(CN(c1ccc(I)cc1)S(=O)(=O)c1ccccc1)NCCSCc1ccccc1. The molecule has 31 heavy (non-hydrogen) atoms. The Morgan fingerprint density at radius 3 is 2.16 bits per heavy atom. The number of sulfonamides is 1. The molecule has 3 aromatic rings. The smallest absolute Gasteiger partial charge is 0.264 e. The Hall–Kier alpha value is -2.04. The highest BCUT2D eigenvalue weighted by Gasteiger charge is 2.26. The third kappa shape index (κ3) is 6.98. The maximum absolute atomic E-state index is 13.2. The third-order valence-electron chi connectivity index (χ3n) is 4.41. The lowest BCUT2D eigenvalue weighted by Gasteiger charge is -2.24. The van der Waals surface area contributed by atoms with E-state index in [0.717, 1.165) is 19.4 Å². The van der Waals surface area contributed by atoms with E-state index in [4.69, 9.17) is 0 Å². The molecule has 0 aliphatic rings. The van der Waals surface area contributed by atoms with Crippen molar-refractivity contribution in [3.63, 3.8) is 0 Å². The van der Waals surface area contributed by atoms with E-state index in [0.29, 0.717) is 12.2 Å². The predicted molar refractivity (Wildman–Crippen MR) is 136 cm³/mol. The molecule has 0 radical (unpaired) electrons. The molecule has 0 aliphatic heterocycles. The van der Waals surface area contributed by atoms with Gasteiger partial charge < -0.3 is 5.32 Å². The van der Waals surface area contributed by atoms with Gasteiger partial charge in [0.2, 0.25) is 5.91 Å². The van der Waals surface area contributed by atoms with Gasteiger partial charge in [0.25, 0.3) is 10.0 Å². The minimum atomic E-state index is -3.87. The predicted octanol–water partition coefficient (Wildman–Crippen LogP) is 4.54. The molecule has 8 heteroatoms. The van der Waals surface area contributed by atoms with E-state index in [1.807, 2.05) is 30.3 Å². The zero-order chi connectivity index (χ0) is 22.1. The van der Waals surface area contributed by atoms with Gasteiger partial charge in [-0.05, 0) is 64.6 Å². The Balaban J connectivity index is 1.63. The number of carbonyl (C=O) groups is 1. The van der Waals surface area contributed by atoms with Crippen molar-refractivity contribution in [3.8, 4) is 0 Å². The first-order valence-corrected chi connectivity index (χ1v) is 13.4. The van der Waals surface area contributed by atoms with Crippen LogP contribution in [0, 0.1) is 3.57 Å². The van der Waals surface area contributed by atoms with Gasteiger partial charge in [0.05, 0.1) is 10.6 Å². The summed E-state index contributed by atoms with van der Waals surface area (Å²) in [6.45, 7) is 0.198. The summed E-state index contributed by atoms with van der Waals surface area (Å²) in [4.78, 5) is 12.7. The van der Waals surface area contributed by atoms with Crippen LogP contribution in [-0.4, -0.2) is 33.2 Å². The number of benzene rings is 3. The molecule has 3 rings (SSSR count). The number of nitrogens with one attached hydrogen (secondary N) is 1. The van der Waals surface area contributed by atoms with Gasteiger partial charge in [-0.15, -0.1) is 0 Å². The summed E-state index contributed by atoms with van der Waals surface area (Å²) in [7, 11) is -3.87. The van der Waals surface area contributed by atoms with E-state index < -0.39 is 10.0 Å². The summed E-state index contributed by atoms with van der Waals surface area (Å²) in [5.41, 5.74) is 1.69. The summed E-state index contributed by atoms with van der Waals surface area (Å²) in [6, 6.07) is 25.4. The van der Waals surface area contributed by atoms with Gasteiger partial charge in [0.15, 0.2) is 0 Å². The molecule has 0 aromatic heterocycles. The van der Waals surface area contributed by atoms with Gasteiger partial charge in [0, 0.05) is 21.6 Å². The zero-order valence-corrected chi connectivity index (χ0v) is 20.6. The molecule has 0 atom stereocenters. The van der Waals surface area contributed by atoms with E-state index in [2.05, 4.69) is 40.0 Å². The van der Waals surface area contributed by atoms with Crippen molar-refractivity contribution in [2.45, 2.75) is 10.6 Å². The van der Waals surface area contributed by atoms with Crippen molar-refractivity contribution in [2.75, 3.05) is 23.1 Å². The summed E-state index contributed by atoms with van der Waals surface area (Å²) in [5, 5.41) is 2.84. The molecule has 0 fully saturated rings. The fourth-order valence-corrected chi connectivity index (χ4v) is 5.48. The minimum Gasteiger partial charge on any atom is -0.354 e. The zero-order valence-electron chi connectivity index (χ0n) is 16.8. The lowest BCUT2D eigenvalue weighted by Crippen LogP contribution is -2.41. The van der Waals surface area contributed by atoms with Gasteiger partial charge in [-0.2, -0.15) is 11.8 Å². The molecule has 0 bridgehead atoms. The Morgan fingerprint density at radius 2 is 1.52 bits per heavy atom. The largest absolute Gasteiger partial charge is 0.354 e. The van der Waals surface area contributed by atoms with Crippen LogP contribution in [0.3, 0.4) is 0 Å². The molecule has 0 aliphatic carbocycles. The van der Waals surface area contributed by atoms with Gasteiger partial charge in [-0.3, -0.25) is 9.10 Å². The Labute approximate surface area is 201 Å². The standard InChI is InChI=1S/C23H23IN2O3S2/c24-20-11-13-21(14-12-20)26(31(28,29)22-9-5-2-6-10-22)17-23(27)25-15-16-30-18-19-7-3-1-4-8-19/h1-14H,15-18H2,(H,25,27). The first kappa shape index (κ1) is 23.6. The number of amides is 1. The van der Waals surface area contributed by atoms with Crippen molar-refractivity contribution in [1.82, 2.24) is 5.32 Å². The number of nitrogens with zero attached hydrogens (tertiary/aromatic N) is 1. The molecule has 0 saturated carbocycles. The van der Waals surface area contributed by atoms with Crippen LogP contribution < -0.4 is 9.62 Å². The van der Waals surface area contributed by atoms with E-state index in [-0.39, 0.29) is 17.3 Å². The quantitative estimate of drug-likeness (QED) is 0.289. The van der Waals surface area contributed by atoms with E-state index in [9.17, 15) is 13.2 Å². The Bertz CT molecular complexity index is 1080.